The Hall–Kier alpha value is -3.59. The third-order valence-electron chi connectivity index (χ3n) is 5.28. The molecule has 0 bridgehead atoms. The van der Waals surface area contributed by atoms with Crippen LogP contribution in [0.4, 0.5) is 17.1 Å². The molecular weight excluding hydrogens is 422 g/mol. The number of piperazine rings is 1. The maximum atomic E-state index is 13.0. The van der Waals surface area contributed by atoms with Crippen LogP contribution in [0.15, 0.2) is 53.3 Å². The number of nitrogens with two attached hydrogens (primary N) is 1. The number of nitro benzene ring substituents is 1. The summed E-state index contributed by atoms with van der Waals surface area (Å²) in [6, 6.07) is 11.8. The topological polar surface area (TPSA) is 119 Å². The fourth-order valence-electron chi connectivity index (χ4n) is 3.58. The number of hydrogen-bond donors (Lipinski definition) is 1. The lowest BCUT2D eigenvalue weighted by molar-refractivity contribution is -0.384. The van der Waals surface area contributed by atoms with Crippen molar-refractivity contribution in [2.24, 2.45) is 0 Å². The fourth-order valence-corrected chi connectivity index (χ4v) is 3.87. The van der Waals surface area contributed by atoms with Crippen LogP contribution < -0.4 is 10.6 Å². The molecule has 0 atom stereocenters. The molecule has 2 heterocycles. The lowest BCUT2D eigenvalue weighted by Crippen LogP contribution is -2.49. The molecule has 3 aromatic rings. The molecule has 0 spiro atoms. The van der Waals surface area contributed by atoms with E-state index in [4.69, 9.17) is 21.9 Å². The Balaban J connectivity index is 1.42. The Morgan fingerprint density at radius 1 is 1.16 bits per heavy atom. The van der Waals surface area contributed by atoms with Crippen LogP contribution in [0.3, 0.4) is 0 Å². The van der Waals surface area contributed by atoms with Crippen molar-refractivity contribution in [3.63, 3.8) is 0 Å². The summed E-state index contributed by atoms with van der Waals surface area (Å²) in [5, 5.41) is 15.2. The molecule has 1 aliphatic rings. The van der Waals surface area contributed by atoms with Crippen LogP contribution >= 0.6 is 11.6 Å². The average Bonchev–Trinajstić information content (AvgIpc) is 3.23. The van der Waals surface area contributed by atoms with Crippen molar-refractivity contribution >= 4 is 34.6 Å². The van der Waals surface area contributed by atoms with Crippen LogP contribution in [0, 0.1) is 10.1 Å². The smallest absolute Gasteiger partial charge is 0.271 e. The van der Waals surface area contributed by atoms with Crippen LogP contribution in [0.5, 0.6) is 0 Å². The van der Waals surface area contributed by atoms with Gasteiger partial charge in [0.15, 0.2) is 0 Å². The molecule has 160 valence electrons. The number of anilines is 2. The van der Waals surface area contributed by atoms with Gasteiger partial charge in [-0.15, -0.1) is 0 Å². The van der Waals surface area contributed by atoms with Crippen LogP contribution in [0.1, 0.15) is 21.6 Å². The molecule has 0 saturated carbocycles. The molecule has 1 fully saturated rings. The van der Waals surface area contributed by atoms with E-state index < -0.39 is 4.92 Å². The summed E-state index contributed by atoms with van der Waals surface area (Å²) in [7, 11) is 0. The van der Waals surface area contributed by atoms with E-state index in [1.807, 2.05) is 17.0 Å². The Morgan fingerprint density at radius 2 is 1.87 bits per heavy atom. The number of halogens is 1. The molecule has 0 radical (unpaired) electrons. The first kappa shape index (κ1) is 20.7. The first-order valence-electron chi connectivity index (χ1n) is 9.68. The zero-order chi connectivity index (χ0) is 22.0. The second-order valence-corrected chi connectivity index (χ2v) is 7.67. The minimum Gasteiger partial charge on any atom is -0.399 e. The van der Waals surface area contributed by atoms with Crippen molar-refractivity contribution in [1.29, 1.82) is 0 Å². The summed E-state index contributed by atoms with van der Waals surface area (Å²) >= 11 is 6.24. The fraction of sp³-hybridized carbons (Fsp3) is 0.238. The minimum atomic E-state index is -0.479. The van der Waals surface area contributed by atoms with Gasteiger partial charge in [0.25, 0.3) is 11.6 Å². The van der Waals surface area contributed by atoms with Gasteiger partial charge >= 0.3 is 0 Å². The van der Waals surface area contributed by atoms with Crippen molar-refractivity contribution in [1.82, 2.24) is 10.1 Å². The molecule has 10 heteroatoms. The van der Waals surface area contributed by atoms with Crippen molar-refractivity contribution in [3.8, 4) is 0 Å². The van der Waals surface area contributed by atoms with E-state index in [1.165, 1.54) is 18.4 Å². The summed E-state index contributed by atoms with van der Waals surface area (Å²) in [4.78, 5) is 27.2. The minimum absolute atomic E-state index is 0.0522. The quantitative estimate of drug-likeness (QED) is 0.366. The van der Waals surface area contributed by atoms with Crippen molar-refractivity contribution in [2.45, 2.75) is 6.42 Å². The van der Waals surface area contributed by atoms with E-state index in [0.29, 0.717) is 60.3 Å². The molecule has 1 aliphatic heterocycles. The Labute approximate surface area is 183 Å². The van der Waals surface area contributed by atoms with Gasteiger partial charge in [-0.3, -0.25) is 14.9 Å². The van der Waals surface area contributed by atoms with Gasteiger partial charge in [0.2, 0.25) is 0 Å². The third kappa shape index (κ3) is 4.46. The van der Waals surface area contributed by atoms with Crippen LogP contribution in [0.25, 0.3) is 0 Å². The largest absolute Gasteiger partial charge is 0.399 e. The van der Waals surface area contributed by atoms with E-state index in [9.17, 15) is 14.9 Å². The SMILES string of the molecule is Nc1ccc(Cc2nocc2C(=O)N2CCN(c3ccc([N+](=O)[O-])cc3Cl)CC2)cc1. The molecular formula is C21H20ClN5O4. The molecule has 2 N–H and O–H groups in total. The number of rotatable bonds is 5. The Kier molecular flexibility index (Phi) is 5.77. The number of benzene rings is 2. The van der Waals surface area contributed by atoms with Gasteiger partial charge < -0.3 is 20.1 Å². The molecule has 1 aromatic heterocycles. The maximum Gasteiger partial charge on any atom is 0.271 e. The molecule has 1 saturated heterocycles. The molecule has 0 unspecified atom stereocenters. The number of nitro groups is 1. The third-order valence-corrected chi connectivity index (χ3v) is 5.58. The van der Waals surface area contributed by atoms with E-state index in [1.54, 1.807) is 23.1 Å². The van der Waals surface area contributed by atoms with Crippen molar-refractivity contribution < 1.29 is 14.2 Å². The van der Waals surface area contributed by atoms with Crippen LogP contribution in [0.2, 0.25) is 5.02 Å². The second kappa shape index (κ2) is 8.65. The Bertz CT molecular complexity index is 1110. The molecule has 4 rings (SSSR count). The summed E-state index contributed by atoms with van der Waals surface area (Å²) in [6.07, 6.45) is 1.85. The predicted octanol–water partition coefficient (Wildman–Crippen LogP) is 3.37. The maximum absolute atomic E-state index is 13.0. The summed E-state index contributed by atoms with van der Waals surface area (Å²) < 4.78 is 5.09. The zero-order valence-electron chi connectivity index (χ0n) is 16.5. The molecule has 1 amide bonds. The number of hydrogen-bond acceptors (Lipinski definition) is 7. The number of non-ortho nitro benzene ring substituents is 1. The highest BCUT2D eigenvalue weighted by molar-refractivity contribution is 6.33. The number of amides is 1. The zero-order valence-corrected chi connectivity index (χ0v) is 17.3. The average molecular weight is 442 g/mol. The van der Waals surface area contributed by atoms with Crippen LogP contribution in [-0.2, 0) is 6.42 Å². The van der Waals surface area contributed by atoms with E-state index in [-0.39, 0.29) is 11.6 Å². The molecule has 2 aromatic carbocycles. The van der Waals surface area contributed by atoms with E-state index >= 15 is 0 Å². The predicted molar refractivity (Wildman–Crippen MR) is 116 cm³/mol. The lowest BCUT2D eigenvalue weighted by Gasteiger charge is -2.36. The van der Waals surface area contributed by atoms with E-state index in [2.05, 4.69) is 5.16 Å². The first-order chi connectivity index (χ1) is 14.9. The van der Waals surface area contributed by atoms with Crippen LogP contribution in [-0.4, -0.2) is 47.1 Å². The van der Waals surface area contributed by atoms with Crippen molar-refractivity contribution in [2.75, 3.05) is 36.8 Å². The van der Waals surface area contributed by atoms with Crippen molar-refractivity contribution in [3.05, 3.63) is 80.7 Å². The highest BCUT2D eigenvalue weighted by Gasteiger charge is 2.27. The monoisotopic (exact) mass is 441 g/mol. The molecule has 9 nitrogen and oxygen atoms in total. The van der Waals surface area contributed by atoms with Gasteiger partial charge in [-0.2, -0.15) is 0 Å². The highest BCUT2D eigenvalue weighted by atomic mass is 35.5. The summed E-state index contributed by atoms with van der Waals surface area (Å²) in [6.45, 7) is 2.08. The normalized spacial score (nSPS) is 14.0. The molecule has 0 aliphatic carbocycles. The van der Waals surface area contributed by atoms with Gasteiger partial charge in [0, 0.05) is 50.4 Å². The molecule has 31 heavy (non-hydrogen) atoms. The highest BCUT2D eigenvalue weighted by Crippen LogP contribution is 2.30. The van der Waals surface area contributed by atoms with Gasteiger partial charge in [0.05, 0.1) is 15.6 Å². The van der Waals surface area contributed by atoms with E-state index in [0.717, 1.165) is 5.56 Å². The first-order valence-corrected chi connectivity index (χ1v) is 10.1. The number of nitrogens with zero attached hydrogens (tertiary/aromatic N) is 4. The Morgan fingerprint density at radius 3 is 2.52 bits per heavy atom. The summed E-state index contributed by atoms with van der Waals surface area (Å²) in [5.74, 6) is -0.138. The number of nitrogen functional groups attached to an aromatic ring is 1. The van der Waals surface area contributed by atoms with Gasteiger partial charge in [-0.1, -0.05) is 28.9 Å². The number of carbonyl (C=O) groups is 1. The second-order valence-electron chi connectivity index (χ2n) is 7.27. The van der Waals surface area contributed by atoms with Gasteiger partial charge in [-0.25, -0.2) is 0 Å². The van der Waals surface area contributed by atoms with Gasteiger partial charge in [-0.05, 0) is 23.8 Å². The lowest BCUT2D eigenvalue weighted by atomic mass is 10.1. The number of aromatic nitrogens is 1. The van der Waals surface area contributed by atoms with Gasteiger partial charge in [0.1, 0.15) is 17.5 Å². The number of carbonyl (C=O) groups excluding carboxylic acids is 1. The standard InChI is InChI=1S/C21H20ClN5O4/c22-18-12-16(27(29)30)5-6-20(18)25-7-9-26(10-8-25)21(28)17-13-31-24-19(17)11-14-1-3-15(23)4-2-14/h1-6,12-13H,7-11,23H2. The summed E-state index contributed by atoms with van der Waals surface area (Å²) in [5.41, 5.74) is 9.06.